The number of nitrogens with two attached hydrogens (primary N) is 1. The second-order valence-electron chi connectivity index (χ2n) is 2.99. The van der Waals surface area contributed by atoms with Gasteiger partial charge in [0.2, 0.25) is 0 Å². The molecule has 0 radical (unpaired) electrons. The maximum absolute atomic E-state index is 6.02. The molecule has 3 nitrogen and oxygen atoms in total. The third-order valence-corrected chi connectivity index (χ3v) is 2.32. The van der Waals surface area contributed by atoms with Crippen molar-refractivity contribution in [2.75, 3.05) is 14.2 Å². The SMILES string of the molecule is COc1ccc(Cl)c(C(C)N)c1OC. The number of halogens is 1. The smallest absolute Gasteiger partial charge is 0.166 e. The molecule has 4 heteroatoms. The molecule has 1 unspecified atom stereocenters. The first-order chi connectivity index (χ1) is 6.61. The van der Waals surface area contributed by atoms with Crippen LogP contribution in [0.3, 0.4) is 0 Å². The monoisotopic (exact) mass is 215 g/mol. The molecule has 0 aliphatic rings. The summed E-state index contributed by atoms with van der Waals surface area (Å²) in [6.45, 7) is 1.85. The summed E-state index contributed by atoms with van der Waals surface area (Å²) in [5.74, 6) is 1.25. The number of rotatable bonds is 3. The van der Waals surface area contributed by atoms with Gasteiger partial charge in [0.1, 0.15) is 0 Å². The van der Waals surface area contributed by atoms with Gasteiger partial charge < -0.3 is 15.2 Å². The highest BCUT2D eigenvalue weighted by atomic mass is 35.5. The Kier molecular flexibility index (Phi) is 3.61. The zero-order valence-electron chi connectivity index (χ0n) is 8.50. The van der Waals surface area contributed by atoms with Crippen LogP contribution >= 0.6 is 11.6 Å². The fourth-order valence-corrected chi connectivity index (χ4v) is 1.67. The Balaban J connectivity index is 3.35. The highest BCUT2D eigenvalue weighted by Gasteiger charge is 2.16. The minimum absolute atomic E-state index is 0.187. The molecule has 0 aliphatic carbocycles. The van der Waals surface area contributed by atoms with Gasteiger partial charge >= 0.3 is 0 Å². The van der Waals surface area contributed by atoms with E-state index in [1.54, 1.807) is 26.4 Å². The summed E-state index contributed by atoms with van der Waals surface area (Å²) in [7, 11) is 3.15. The molecule has 0 aromatic heterocycles. The van der Waals surface area contributed by atoms with E-state index in [1.165, 1.54) is 0 Å². The molecule has 1 aromatic rings. The van der Waals surface area contributed by atoms with Crippen LogP contribution in [-0.4, -0.2) is 14.2 Å². The Hall–Kier alpha value is -0.930. The van der Waals surface area contributed by atoms with E-state index >= 15 is 0 Å². The minimum atomic E-state index is -0.187. The largest absolute Gasteiger partial charge is 0.493 e. The molecule has 1 aromatic carbocycles. The molecule has 1 atom stereocenters. The van der Waals surface area contributed by atoms with Crippen LogP contribution in [0.1, 0.15) is 18.5 Å². The maximum atomic E-state index is 6.02. The van der Waals surface area contributed by atoms with E-state index in [9.17, 15) is 0 Å². The van der Waals surface area contributed by atoms with Gasteiger partial charge in [-0.2, -0.15) is 0 Å². The van der Waals surface area contributed by atoms with Crippen molar-refractivity contribution in [2.24, 2.45) is 5.73 Å². The van der Waals surface area contributed by atoms with E-state index in [-0.39, 0.29) is 6.04 Å². The number of benzene rings is 1. The van der Waals surface area contributed by atoms with E-state index in [4.69, 9.17) is 26.8 Å². The maximum Gasteiger partial charge on any atom is 0.166 e. The summed E-state index contributed by atoms with van der Waals surface area (Å²) in [6, 6.07) is 3.32. The van der Waals surface area contributed by atoms with E-state index in [0.717, 1.165) is 5.56 Å². The normalized spacial score (nSPS) is 12.4. The lowest BCUT2D eigenvalue weighted by Gasteiger charge is -2.16. The van der Waals surface area contributed by atoms with Gasteiger partial charge in [-0.25, -0.2) is 0 Å². The number of ether oxygens (including phenoxy) is 2. The lowest BCUT2D eigenvalue weighted by atomic mass is 10.1. The summed E-state index contributed by atoms with van der Waals surface area (Å²) in [5, 5.41) is 0.595. The van der Waals surface area contributed by atoms with Crippen molar-refractivity contribution in [1.82, 2.24) is 0 Å². The summed E-state index contributed by atoms with van der Waals surface area (Å²) in [6.07, 6.45) is 0. The van der Waals surface area contributed by atoms with E-state index in [1.807, 2.05) is 6.92 Å². The van der Waals surface area contributed by atoms with Crippen molar-refractivity contribution in [3.05, 3.63) is 22.7 Å². The van der Waals surface area contributed by atoms with Gasteiger partial charge in [0, 0.05) is 16.6 Å². The molecule has 14 heavy (non-hydrogen) atoms. The molecule has 0 bridgehead atoms. The third-order valence-electron chi connectivity index (χ3n) is 1.99. The highest BCUT2D eigenvalue weighted by molar-refractivity contribution is 6.31. The molecule has 0 spiro atoms. The lowest BCUT2D eigenvalue weighted by Crippen LogP contribution is -2.08. The molecule has 0 amide bonds. The van der Waals surface area contributed by atoms with Crippen molar-refractivity contribution < 1.29 is 9.47 Å². The predicted molar refractivity (Wildman–Crippen MR) is 57.2 cm³/mol. The minimum Gasteiger partial charge on any atom is -0.493 e. The van der Waals surface area contributed by atoms with Gasteiger partial charge in [-0.1, -0.05) is 11.6 Å². The van der Waals surface area contributed by atoms with Crippen molar-refractivity contribution in [3.63, 3.8) is 0 Å². The Labute approximate surface area is 88.8 Å². The molecule has 0 saturated carbocycles. The second-order valence-corrected chi connectivity index (χ2v) is 3.39. The molecule has 2 N–H and O–H groups in total. The number of hydrogen-bond acceptors (Lipinski definition) is 3. The quantitative estimate of drug-likeness (QED) is 0.842. The van der Waals surface area contributed by atoms with Crippen LogP contribution in [-0.2, 0) is 0 Å². The van der Waals surface area contributed by atoms with Gasteiger partial charge in [0.15, 0.2) is 11.5 Å². The lowest BCUT2D eigenvalue weighted by molar-refractivity contribution is 0.350. The molecule has 1 rings (SSSR count). The van der Waals surface area contributed by atoms with E-state index in [0.29, 0.717) is 16.5 Å². The van der Waals surface area contributed by atoms with Crippen molar-refractivity contribution in [1.29, 1.82) is 0 Å². The van der Waals surface area contributed by atoms with Crippen molar-refractivity contribution >= 4 is 11.6 Å². The van der Waals surface area contributed by atoms with Crippen LogP contribution in [0.5, 0.6) is 11.5 Å². The predicted octanol–water partition coefficient (Wildman–Crippen LogP) is 2.38. The molecule has 0 heterocycles. The Morgan fingerprint density at radius 3 is 2.36 bits per heavy atom. The highest BCUT2D eigenvalue weighted by Crippen LogP contribution is 2.38. The van der Waals surface area contributed by atoms with Gasteiger partial charge in [-0.3, -0.25) is 0 Å². The number of methoxy groups -OCH3 is 2. The Morgan fingerprint density at radius 1 is 1.29 bits per heavy atom. The van der Waals surface area contributed by atoms with E-state index < -0.39 is 0 Å². The van der Waals surface area contributed by atoms with Gasteiger partial charge in [0.05, 0.1) is 14.2 Å². The molecule has 0 aliphatic heterocycles. The topological polar surface area (TPSA) is 44.5 Å². The molecule has 0 saturated heterocycles. The number of hydrogen-bond donors (Lipinski definition) is 1. The first-order valence-electron chi connectivity index (χ1n) is 4.27. The first kappa shape index (κ1) is 11.1. The van der Waals surface area contributed by atoms with Gasteiger partial charge in [-0.05, 0) is 19.1 Å². The fraction of sp³-hybridized carbons (Fsp3) is 0.400. The second kappa shape index (κ2) is 4.53. The van der Waals surface area contributed by atoms with Crippen LogP contribution in [0.4, 0.5) is 0 Å². The molecular weight excluding hydrogens is 202 g/mol. The van der Waals surface area contributed by atoms with Crippen LogP contribution in [0.15, 0.2) is 12.1 Å². The van der Waals surface area contributed by atoms with Crippen LogP contribution in [0.2, 0.25) is 5.02 Å². The molecular formula is C10H14ClNO2. The summed E-state index contributed by atoms with van der Waals surface area (Å²) in [4.78, 5) is 0. The van der Waals surface area contributed by atoms with Gasteiger partial charge in [0.25, 0.3) is 0 Å². The van der Waals surface area contributed by atoms with Crippen molar-refractivity contribution in [3.8, 4) is 11.5 Å². The van der Waals surface area contributed by atoms with Crippen LogP contribution in [0.25, 0.3) is 0 Å². The Bertz CT molecular complexity index is 326. The van der Waals surface area contributed by atoms with Gasteiger partial charge in [-0.15, -0.1) is 0 Å². The average molecular weight is 216 g/mol. The zero-order valence-corrected chi connectivity index (χ0v) is 9.26. The standard InChI is InChI=1S/C10H14ClNO2/c1-6(12)9-7(11)4-5-8(13-2)10(9)14-3/h4-6H,12H2,1-3H3. The zero-order chi connectivity index (χ0) is 10.7. The summed E-state index contributed by atoms with van der Waals surface area (Å²) >= 11 is 6.02. The fourth-order valence-electron chi connectivity index (χ4n) is 1.35. The summed E-state index contributed by atoms with van der Waals surface area (Å²) in [5.41, 5.74) is 6.57. The van der Waals surface area contributed by atoms with Crippen LogP contribution < -0.4 is 15.2 Å². The van der Waals surface area contributed by atoms with Crippen molar-refractivity contribution in [2.45, 2.75) is 13.0 Å². The third kappa shape index (κ3) is 1.94. The molecule has 0 fully saturated rings. The average Bonchev–Trinajstić information content (AvgIpc) is 2.16. The van der Waals surface area contributed by atoms with E-state index in [2.05, 4.69) is 0 Å². The molecule has 78 valence electrons. The summed E-state index contributed by atoms with van der Waals surface area (Å²) < 4.78 is 10.4. The Morgan fingerprint density at radius 2 is 1.93 bits per heavy atom. The van der Waals surface area contributed by atoms with Crippen LogP contribution in [0, 0.1) is 0 Å². The first-order valence-corrected chi connectivity index (χ1v) is 4.65.